The largest absolute Gasteiger partial charge is 0.377 e. The smallest absolute Gasteiger partial charge is 0.137 e. The van der Waals surface area contributed by atoms with Crippen molar-refractivity contribution in [2.24, 2.45) is 0 Å². The van der Waals surface area contributed by atoms with Crippen molar-refractivity contribution in [3.05, 3.63) is 35.2 Å². The molecular weight excluding hydrogens is 250 g/mol. The second-order valence-electron chi connectivity index (χ2n) is 4.24. The predicted molar refractivity (Wildman–Crippen MR) is 73.0 cm³/mol. The Kier molecular flexibility index (Phi) is 4.58. The molecule has 0 fully saturated rings. The number of nitrogens with zero attached hydrogens (tertiary/aromatic N) is 2. The molecule has 0 amide bonds. The third-order valence-corrected chi connectivity index (χ3v) is 2.88. The number of hydrogen-bond donors (Lipinski definition) is 1. The molecule has 4 nitrogen and oxygen atoms in total. The van der Waals surface area contributed by atoms with Gasteiger partial charge in [0.25, 0.3) is 0 Å². The minimum absolute atomic E-state index is 0.224. The van der Waals surface area contributed by atoms with Gasteiger partial charge in [-0.1, -0.05) is 11.6 Å². The summed E-state index contributed by atoms with van der Waals surface area (Å²) in [4.78, 5) is 4.50. The van der Waals surface area contributed by atoms with E-state index in [2.05, 4.69) is 17.2 Å². The van der Waals surface area contributed by atoms with Crippen molar-refractivity contribution < 1.29 is 4.74 Å². The monoisotopic (exact) mass is 267 g/mol. The van der Waals surface area contributed by atoms with Crippen molar-refractivity contribution in [2.45, 2.75) is 26.5 Å². The third-order valence-electron chi connectivity index (χ3n) is 2.65. The molecule has 2 heterocycles. The van der Waals surface area contributed by atoms with Gasteiger partial charge >= 0.3 is 0 Å². The highest BCUT2D eigenvalue weighted by Gasteiger charge is 2.03. The zero-order valence-electron chi connectivity index (χ0n) is 10.7. The summed E-state index contributed by atoms with van der Waals surface area (Å²) < 4.78 is 7.38. The Morgan fingerprint density at radius 3 is 3.06 bits per heavy atom. The molecule has 0 aliphatic carbocycles. The van der Waals surface area contributed by atoms with Crippen LogP contribution in [0.2, 0.25) is 5.02 Å². The summed E-state index contributed by atoms with van der Waals surface area (Å²) in [5, 5.41) is 4.04. The van der Waals surface area contributed by atoms with Crippen LogP contribution in [-0.2, 0) is 11.3 Å². The van der Waals surface area contributed by atoms with E-state index in [0.29, 0.717) is 5.02 Å². The Morgan fingerprint density at radius 1 is 1.44 bits per heavy atom. The van der Waals surface area contributed by atoms with Crippen molar-refractivity contribution >= 4 is 17.2 Å². The lowest BCUT2D eigenvalue weighted by Gasteiger charge is -2.11. The fraction of sp³-hybridized carbons (Fsp3) is 0.462. The zero-order chi connectivity index (χ0) is 13.0. The molecule has 0 radical (unpaired) electrons. The molecule has 98 valence electrons. The number of nitrogens with one attached hydrogen (secondary N) is 1. The average molecular weight is 268 g/mol. The van der Waals surface area contributed by atoms with Crippen LogP contribution < -0.4 is 5.32 Å². The van der Waals surface area contributed by atoms with E-state index >= 15 is 0 Å². The van der Waals surface area contributed by atoms with Gasteiger partial charge in [0, 0.05) is 32.1 Å². The Bertz CT molecular complexity index is 512. The summed E-state index contributed by atoms with van der Waals surface area (Å²) >= 11 is 5.93. The molecule has 0 aliphatic rings. The molecule has 1 N–H and O–H groups in total. The first kappa shape index (κ1) is 13.3. The molecule has 0 bridgehead atoms. The van der Waals surface area contributed by atoms with Gasteiger partial charge in [-0.3, -0.25) is 0 Å². The fourth-order valence-electron chi connectivity index (χ4n) is 1.85. The van der Waals surface area contributed by atoms with Crippen molar-refractivity contribution in [3.63, 3.8) is 0 Å². The first-order valence-corrected chi connectivity index (χ1v) is 6.52. The summed E-state index contributed by atoms with van der Waals surface area (Å²) in [5.74, 6) is 0. The minimum Gasteiger partial charge on any atom is -0.377 e. The topological polar surface area (TPSA) is 38.6 Å². The van der Waals surface area contributed by atoms with Crippen LogP contribution in [0.1, 0.15) is 19.5 Å². The highest BCUT2D eigenvalue weighted by molar-refractivity contribution is 6.30. The highest BCUT2D eigenvalue weighted by atomic mass is 35.5. The number of imidazole rings is 1. The first-order valence-electron chi connectivity index (χ1n) is 6.14. The number of ether oxygens (including phenoxy) is 1. The van der Waals surface area contributed by atoms with Gasteiger partial charge in [0.15, 0.2) is 0 Å². The van der Waals surface area contributed by atoms with Crippen molar-refractivity contribution in [1.29, 1.82) is 0 Å². The van der Waals surface area contributed by atoms with Crippen molar-refractivity contribution in [1.82, 2.24) is 14.7 Å². The number of hydrogen-bond acceptors (Lipinski definition) is 3. The molecule has 2 aromatic rings. The SMILES string of the molecule is CCOC(C)CNCc1cn2cc(Cl)ccc2n1. The van der Waals surface area contributed by atoms with Crippen molar-refractivity contribution in [3.8, 4) is 0 Å². The normalized spacial score (nSPS) is 13.1. The third kappa shape index (κ3) is 3.45. The molecule has 2 rings (SSSR count). The maximum absolute atomic E-state index is 5.93. The Morgan fingerprint density at radius 2 is 2.28 bits per heavy atom. The van der Waals surface area contributed by atoms with E-state index in [0.717, 1.165) is 31.0 Å². The summed E-state index contributed by atoms with van der Waals surface area (Å²) in [6.07, 6.45) is 4.07. The van der Waals surface area contributed by atoms with Crippen LogP contribution >= 0.6 is 11.6 Å². The van der Waals surface area contributed by atoms with Gasteiger partial charge in [0.1, 0.15) is 5.65 Å². The maximum Gasteiger partial charge on any atom is 0.137 e. The maximum atomic E-state index is 5.93. The lowest BCUT2D eigenvalue weighted by molar-refractivity contribution is 0.0759. The number of halogens is 1. The van der Waals surface area contributed by atoms with Crippen LogP contribution in [0.25, 0.3) is 5.65 Å². The fourth-order valence-corrected chi connectivity index (χ4v) is 2.02. The number of fused-ring (bicyclic) bond motifs is 1. The zero-order valence-corrected chi connectivity index (χ0v) is 11.4. The van der Waals surface area contributed by atoms with E-state index in [1.165, 1.54) is 0 Å². The van der Waals surface area contributed by atoms with Gasteiger partial charge < -0.3 is 14.5 Å². The highest BCUT2D eigenvalue weighted by Crippen LogP contribution is 2.11. The van der Waals surface area contributed by atoms with Gasteiger partial charge in [-0.25, -0.2) is 4.98 Å². The van der Waals surface area contributed by atoms with Crippen molar-refractivity contribution in [2.75, 3.05) is 13.2 Å². The molecule has 1 atom stereocenters. The summed E-state index contributed by atoms with van der Waals surface area (Å²) in [6, 6.07) is 3.76. The van der Waals surface area contributed by atoms with E-state index in [4.69, 9.17) is 16.3 Å². The molecule has 1 unspecified atom stereocenters. The van der Waals surface area contributed by atoms with Gasteiger partial charge in [0.05, 0.1) is 16.8 Å². The van der Waals surface area contributed by atoms with E-state index in [9.17, 15) is 0 Å². The summed E-state index contributed by atoms with van der Waals surface area (Å²) in [7, 11) is 0. The minimum atomic E-state index is 0.224. The molecule has 2 aromatic heterocycles. The quantitative estimate of drug-likeness (QED) is 0.874. The van der Waals surface area contributed by atoms with Gasteiger partial charge in [-0.2, -0.15) is 0 Å². The van der Waals surface area contributed by atoms with E-state index in [1.807, 2.05) is 35.9 Å². The first-order chi connectivity index (χ1) is 8.69. The molecule has 0 saturated carbocycles. The summed E-state index contributed by atoms with van der Waals surface area (Å²) in [6.45, 7) is 6.36. The molecular formula is C13H18ClN3O. The lowest BCUT2D eigenvalue weighted by atomic mass is 10.4. The molecule has 0 aliphatic heterocycles. The molecule has 5 heteroatoms. The van der Waals surface area contributed by atoms with Crippen LogP contribution in [0, 0.1) is 0 Å². The molecule has 0 spiro atoms. The number of rotatable bonds is 6. The Balaban J connectivity index is 1.92. The number of pyridine rings is 1. The predicted octanol–water partition coefficient (Wildman–Crippen LogP) is 2.50. The molecule has 0 saturated heterocycles. The standard InChI is InChI=1S/C13H18ClN3O/c1-3-18-10(2)6-15-7-12-9-17-8-11(14)4-5-13(17)16-12/h4-5,8-10,15H,3,6-7H2,1-2H3. The molecule has 0 aromatic carbocycles. The Labute approximate surface area is 112 Å². The van der Waals surface area contributed by atoms with Gasteiger partial charge in [-0.15, -0.1) is 0 Å². The van der Waals surface area contributed by atoms with Gasteiger partial charge in [0.2, 0.25) is 0 Å². The molecule has 18 heavy (non-hydrogen) atoms. The van der Waals surface area contributed by atoms with Crippen LogP contribution in [-0.4, -0.2) is 28.6 Å². The summed E-state index contributed by atoms with van der Waals surface area (Å²) in [5.41, 5.74) is 1.91. The van der Waals surface area contributed by atoms with Crippen LogP contribution in [0.15, 0.2) is 24.5 Å². The second kappa shape index (κ2) is 6.18. The van der Waals surface area contributed by atoms with E-state index in [-0.39, 0.29) is 6.10 Å². The van der Waals surface area contributed by atoms with Gasteiger partial charge in [-0.05, 0) is 26.0 Å². The van der Waals surface area contributed by atoms with E-state index < -0.39 is 0 Å². The van der Waals surface area contributed by atoms with Crippen LogP contribution in [0.3, 0.4) is 0 Å². The number of aromatic nitrogens is 2. The van der Waals surface area contributed by atoms with Crippen LogP contribution in [0.5, 0.6) is 0 Å². The average Bonchev–Trinajstić information content (AvgIpc) is 2.71. The van der Waals surface area contributed by atoms with Crippen LogP contribution in [0.4, 0.5) is 0 Å². The Hall–Kier alpha value is -1.10. The lowest BCUT2D eigenvalue weighted by Crippen LogP contribution is -2.26. The second-order valence-corrected chi connectivity index (χ2v) is 4.68. The van der Waals surface area contributed by atoms with E-state index in [1.54, 1.807) is 0 Å².